The minimum Gasteiger partial charge on any atom is -0.299 e. The first-order chi connectivity index (χ1) is 10.7. The number of hydrogen-bond acceptors (Lipinski definition) is 4. The van der Waals surface area contributed by atoms with Gasteiger partial charge in [-0.05, 0) is 30.4 Å². The summed E-state index contributed by atoms with van der Waals surface area (Å²) < 4.78 is 0. The first-order valence-electron chi connectivity index (χ1n) is 7.79. The van der Waals surface area contributed by atoms with Gasteiger partial charge in [0.2, 0.25) is 5.91 Å². The standard InChI is InChI=1S/C17H21N3O3/c1-15(2)16(3)6-7-17(15,9-12(16)21)14(23)20-19-13(22)11-5-4-8-18-10-11/h4-5,8,10H,6-7,9H2,1-3H3,(H,19,22)(H,20,23). The third-order valence-corrected chi connectivity index (χ3v) is 6.35. The second kappa shape index (κ2) is 4.88. The Labute approximate surface area is 135 Å². The molecule has 2 amide bonds. The second-order valence-corrected chi connectivity index (χ2v) is 7.29. The fourth-order valence-corrected chi connectivity index (χ4v) is 4.16. The molecule has 0 saturated heterocycles. The van der Waals surface area contributed by atoms with Crippen LogP contribution in [0, 0.1) is 16.2 Å². The van der Waals surface area contributed by atoms with Gasteiger partial charge in [-0.2, -0.15) is 0 Å². The topological polar surface area (TPSA) is 88.2 Å². The Hall–Kier alpha value is -2.24. The monoisotopic (exact) mass is 315 g/mol. The zero-order valence-corrected chi connectivity index (χ0v) is 13.6. The summed E-state index contributed by atoms with van der Waals surface area (Å²) in [6, 6.07) is 3.26. The van der Waals surface area contributed by atoms with Crippen molar-refractivity contribution in [2.24, 2.45) is 16.2 Å². The summed E-state index contributed by atoms with van der Waals surface area (Å²) in [5.41, 5.74) is 3.67. The van der Waals surface area contributed by atoms with E-state index in [1.165, 1.54) is 6.20 Å². The number of hydrazine groups is 1. The van der Waals surface area contributed by atoms with E-state index >= 15 is 0 Å². The summed E-state index contributed by atoms with van der Waals surface area (Å²) in [4.78, 5) is 41.0. The molecular formula is C17H21N3O3. The van der Waals surface area contributed by atoms with Crippen molar-refractivity contribution in [2.75, 3.05) is 0 Å². The predicted octanol–water partition coefficient (Wildman–Crippen LogP) is 1.63. The van der Waals surface area contributed by atoms with Gasteiger partial charge in [-0.15, -0.1) is 0 Å². The lowest BCUT2D eigenvalue weighted by atomic mass is 9.64. The average Bonchev–Trinajstić information content (AvgIpc) is 2.83. The normalized spacial score (nSPS) is 31.0. The molecule has 1 aromatic rings. The van der Waals surface area contributed by atoms with Gasteiger partial charge < -0.3 is 0 Å². The minimum absolute atomic E-state index is 0.141. The van der Waals surface area contributed by atoms with Crippen LogP contribution in [0.4, 0.5) is 0 Å². The van der Waals surface area contributed by atoms with Crippen molar-refractivity contribution < 1.29 is 14.4 Å². The van der Waals surface area contributed by atoms with E-state index in [0.29, 0.717) is 18.4 Å². The first-order valence-corrected chi connectivity index (χ1v) is 7.79. The maximum atomic E-state index is 12.8. The van der Waals surface area contributed by atoms with Crippen molar-refractivity contribution in [3.8, 4) is 0 Å². The molecule has 2 N–H and O–H groups in total. The summed E-state index contributed by atoms with van der Waals surface area (Å²) in [5.74, 6) is -0.567. The summed E-state index contributed by atoms with van der Waals surface area (Å²) in [6.07, 6.45) is 4.61. The lowest BCUT2D eigenvalue weighted by Gasteiger charge is -2.38. The largest absolute Gasteiger partial charge is 0.299 e. The summed E-state index contributed by atoms with van der Waals surface area (Å²) in [6.45, 7) is 5.91. The molecule has 2 unspecified atom stereocenters. The molecule has 2 fully saturated rings. The van der Waals surface area contributed by atoms with E-state index in [1.54, 1.807) is 18.3 Å². The van der Waals surface area contributed by atoms with Crippen LogP contribution in [0.1, 0.15) is 50.4 Å². The lowest BCUT2D eigenvalue weighted by Crippen LogP contribution is -2.52. The van der Waals surface area contributed by atoms with E-state index in [4.69, 9.17) is 0 Å². The van der Waals surface area contributed by atoms with E-state index in [0.717, 1.165) is 0 Å². The molecule has 6 nitrogen and oxygen atoms in total. The lowest BCUT2D eigenvalue weighted by molar-refractivity contribution is -0.137. The summed E-state index contributed by atoms with van der Waals surface area (Å²) >= 11 is 0. The van der Waals surface area contributed by atoms with Gasteiger partial charge in [-0.25, -0.2) is 0 Å². The van der Waals surface area contributed by atoms with Gasteiger partial charge >= 0.3 is 0 Å². The van der Waals surface area contributed by atoms with Gasteiger partial charge in [0.15, 0.2) is 0 Å². The van der Waals surface area contributed by atoms with Gasteiger partial charge in [-0.1, -0.05) is 20.8 Å². The maximum Gasteiger partial charge on any atom is 0.271 e. The van der Waals surface area contributed by atoms with Crippen LogP contribution in [-0.2, 0) is 9.59 Å². The summed E-state index contributed by atoms with van der Waals surface area (Å²) in [5, 5.41) is 0. The smallest absolute Gasteiger partial charge is 0.271 e. The van der Waals surface area contributed by atoms with Gasteiger partial charge in [0.25, 0.3) is 5.91 Å². The van der Waals surface area contributed by atoms with E-state index in [1.807, 2.05) is 20.8 Å². The van der Waals surface area contributed by atoms with Crippen LogP contribution >= 0.6 is 0 Å². The SMILES string of the molecule is CC12CCC(C(=O)NNC(=O)c3cccnc3)(CC1=O)C2(C)C. The highest BCUT2D eigenvalue weighted by molar-refractivity contribution is 6.01. The second-order valence-electron chi connectivity index (χ2n) is 7.29. The van der Waals surface area contributed by atoms with Crippen molar-refractivity contribution >= 4 is 17.6 Å². The molecule has 122 valence electrons. The number of nitrogens with one attached hydrogen (secondary N) is 2. The molecule has 0 aromatic carbocycles. The van der Waals surface area contributed by atoms with Crippen LogP contribution in [0.25, 0.3) is 0 Å². The van der Waals surface area contributed by atoms with Crippen molar-refractivity contribution in [3.05, 3.63) is 30.1 Å². The number of pyridine rings is 1. The molecule has 23 heavy (non-hydrogen) atoms. The first kappa shape index (κ1) is 15.6. The number of carbonyl (C=O) groups excluding carboxylic acids is 3. The van der Waals surface area contributed by atoms with E-state index in [2.05, 4.69) is 15.8 Å². The zero-order valence-electron chi connectivity index (χ0n) is 13.6. The Balaban J connectivity index is 1.74. The third-order valence-electron chi connectivity index (χ3n) is 6.35. The molecule has 2 aliphatic rings. The maximum absolute atomic E-state index is 12.8. The van der Waals surface area contributed by atoms with E-state index in [9.17, 15) is 14.4 Å². The Morgan fingerprint density at radius 3 is 2.43 bits per heavy atom. The number of nitrogens with zero attached hydrogens (tertiary/aromatic N) is 1. The number of fused-ring (bicyclic) bond motifs is 2. The minimum atomic E-state index is -0.749. The quantitative estimate of drug-likeness (QED) is 0.812. The Kier molecular flexibility index (Phi) is 3.32. The van der Waals surface area contributed by atoms with Crippen molar-refractivity contribution in [1.82, 2.24) is 15.8 Å². The van der Waals surface area contributed by atoms with Crippen molar-refractivity contribution in [3.63, 3.8) is 0 Å². The van der Waals surface area contributed by atoms with Crippen LogP contribution in [0.3, 0.4) is 0 Å². The van der Waals surface area contributed by atoms with Gasteiger partial charge in [0, 0.05) is 24.2 Å². The molecule has 2 saturated carbocycles. The number of Topliss-reactive ketones (excluding diaryl/α,β-unsaturated/α-hetero) is 1. The molecule has 0 spiro atoms. The van der Waals surface area contributed by atoms with Crippen LogP contribution in [-0.4, -0.2) is 22.6 Å². The molecule has 6 heteroatoms. The number of aromatic nitrogens is 1. The van der Waals surface area contributed by atoms with E-state index < -0.39 is 22.2 Å². The molecular weight excluding hydrogens is 294 g/mol. The van der Waals surface area contributed by atoms with Crippen LogP contribution in [0.5, 0.6) is 0 Å². The van der Waals surface area contributed by atoms with Gasteiger partial charge in [0.05, 0.1) is 11.0 Å². The van der Waals surface area contributed by atoms with E-state index in [-0.39, 0.29) is 18.1 Å². The Morgan fingerprint density at radius 2 is 1.91 bits per heavy atom. The van der Waals surface area contributed by atoms with Crippen LogP contribution < -0.4 is 10.9 Å². The molecule has 3 rings (SSSR count). The van der Waals surface area contributed by atoms with Crippen LogP contribution in [0.15, 0.2) is 24.5 Å². The molecule has 2 atom stereocenters. The molecule has 0 radical (unpaired) electrons. The highest BCUT2D eigenvalue weighted by atomic mass is 16.2. The molecule has 0 aliphatic heterocycles. The number of hydrogen-bond donors (Lipinski definition) is 2. The van der Waals surface area contributed by atoms with Crippen molar-refractivity contribution in [2.45, 2.75) is 40.0 Å². The van der Waals surface area contributed by atoms with Gasteiger partial charge in [0.1, 0.15) is 5.78 Å². The van der Waals surface area contributed by atoms with Gasteiger partial charge in [-0.3, -0.25) is 30.2 Å². The Bertz CT molecular complexity index is 686. The fraction of sp³-hybridized carbons (Fsp3) is 0.529. The fourth-order valence-electron chi connectivity index (χ4n) is 4.16. The summed E-state index contributed by atoms with van der Waals surface area (Å²) in [7, 11) is 0. The molecule has 2 aliphatic carbocycles. The number of carbonyl (C=O) groups is 3. The van der Waals surface area contributed by atoms with Crippen molar-refractivity contribution in [1.29, 1.82) is 0 Å². The average molecular weight is 315 g/mol. The zero-order chi connectivity index (χ0) is 16.9. The third kappa shape index (κ3) is 1.93. The number of ketones is 1. The number of amides is 2. The van der Waals surface area contributed by atoms with Crippen LogP contribution in [0.2, 0.25) is 0 Å². The molecule has 2 bridgehead atoms. The number of rotatable bonds is 2. The Morgan fingerprint density at radius 1 is 1.17 bits per heavy atom. The molecule has 1 aromatic heterocycles. The highest BCUT2D eigenvalue weighted by Crippen LogP contribution is 2.70. The predicted molar refractivity (Wildman–Crippen MR) is 83.0 cm³/mol. The highest BCUT2D eigenvalue weighted by Gasteiger charge is 2.72. The molecule has 1 heterocycles.